The van der Waals surface area contributed by atoms with Crippen LogP contribution in [0.25, 0.3) is 10.9 Å². The van der Waals surface area contributed by atoms with E-state index in [0.717, 1.165) is 0 Å². The minimum absolute atomic E-state index is 0.170. The Morgan fingerprint density at radius 2 is 2.04 bits per heavy atom. The number of benzene rings is 1. The second-order valence-corrected chi connectivity index (χ2v) is 5.42. The predicted molar refractivity (Wildman–Crippen MR) is 86.6 cm³/mol. The molecule has 3 aromatic rings. The van der Waals surface area contributed by atoms with Gasteiger partial charge in [0, 0.05) is 17.5 Å². The molecule has 0 saturated heterocycles. The maximum Gasteiger partial charge on any atom is 0.340 e. The highest BCUT2D eigenvalue weighted by atomic mass is 19.1. The van der Waals surface area contributed by atoms with Crippen LogP contribution in [0.4, 0.5) is 10.3 Å². The summed E-state index contributed by atoms with van der Waals surface area (Å²) in [6.07, 6.45) is 0. The monoisotopic (exact) mass is 343 g/mol. The number of aryl methyl sites for hydroxylation is 2. The molecule has 0 atom stereocenters. The number of nitrogens with one attached hydrogen (secondary N) is 1. The molecule has 128 valence electrons. The van der Waals surface area contributed by atoms with Gasteiger partial charge in [0.15, 0.2) is 6.61 Å². The summed E-state index contributed by atoms with van der Waals surface area (Å²) in [5.74, 6) is -1.49. The molecule has 0 unspecified atom stereocenters. The molecule has 0 saturated carbocycles. The molecule has 1 aromatic carbocycles. The lowest BCUT2D eigenvalue weighted by Gasteiger charge is -2.08. The Balaban J connectivity index is 1.68. The molecule has 0 bridgehead atoms. The van der Waals surface area contributed by atoms with Crippen LogP contribution in [0, 0.1) is 19.7 Å². The second-order valence-electron chi connectivity index (χ2n) is 5.42. The summed E-state index contributed by atoms with van der Waals surface area (Å²) in [6, 6.07) is 7.17. The fourth-order valence-corrected chi connectivity index (χ4v) is 2.25. The Morgan fingerprint density at radius 1 is 1.24 bits per heavy atom. The van der Waals surface area contributed by atoms with E-state index < -0.39 is 24.3 Å². The lowest BCUT2D eigenvalue weighted by molar-refractivity contribution is -0.119. The Labute approximate surface area is 141 Å². The van der Waals surface area contributed by atoms with Gasteiger partial charge in [-0.25, -0.2) is 9.18 Å². The summed E-state index contributed by atoms with van der Waals surface area (Å²) in [5, 5.41) is 6.64. The molecule has 8 heteroatoms. The summed E-state index contributed by atoms with van der Waals surface area (Å²) < 4.78 is 23.1. The normalized spacial score (nSPS) is 10.7. The van der Waals surface area contributed by atoms with Gasteiger partial charge in [0.1, 0.15) is 5.82 Å². The van der Waals surface area contributed by atoms with Crippen LogP contribution < -0.4 is 5.32 Å². The van der Waals surface area contributed by atoms with Crippen molar-refractivity contribution in [2.75, 3.05) is 11.9 Å². The molecule has 0 aliphatic heterocycles. The van der Waals surface area contributed by atoms with Gasteiger partial charge < -0.3 is 9.26 Å². The molecule has 2 aromatic heterocycles. The zero-order valence-corrected chi connectivity index (χ0v) is 13.5. The van der Waals surface area contributed by atoms with E-state index in [4.69, 9.17) is 9.26 Å². The number of amides is 1. The van der Waals surface area contributed by atoms with E-state index in [9.17, 15) is 14.0 Å². The number of rotatable bonds is 4. The van der Waals surface area contributed by atoms with Crippen molar-refractivity contribution in [1.29, 1.82) is 0 Å². The van der Waals surface area contributed by atoms with E-state index in [2.05, 4.69) is 15.5 Å². The molecule has 2 heterocycles. The minimum Gasteiger partial charge on any atom is -0.452 e. The maximum absolute atomic E-state index is 13.2. The summed E-state index contributed by atoms with van der Waals surface area (Å²) in [6.45, 7) is 2.83. The SMILES string of the molecule is Cc1cc(NC(=O)COC(=O)c2cc3ccc(F)cc3nc2C)on1. The van der Waals surface area contributed by atoms with Crippen LogP contribution in [0.3, 0.4) is 0 Å². The topological polar surface area (TPSA) is 94.3 Å². The van der Waals surface area contributed by atoms with Crippen LogP contribution in [0.1, 0.15) is 21.7 Å². The molecular weight excluding hydrogens is 329 g/mol. The molecule has 3 rings (SSSR count). The van der Waals surface area contributed by atoms with Crippen molar-refractivity contribution in [3.63, 3.8) is 0 Å². The Bertz CT molecular complexity index is 968. The number of halogens is 1. The standard InChI is InChI=1S/C17H14FN3O4/c1-9-5-16(25-21-9)20-15(22)8-24-17(23)13-6-11-3-4-12(18)7-14(11)19-10(13)2/h3-7H,8H2,1-2H3,(H,20,22). The van der Waals surface area contributed by atoms with Crippen LogP contribution in [-0.2, 0) is 9.53 Å². The van der Waals surface area contributed by atoms with Gasteiger partial charge >= 0.3 is 5.97 Å². The first kappa shape index (κ1) is 16.6. The third-order valence-corrected chi connectivity index (χ3v) is 3.42. The summed E-state index contributed by atoms with van der Waals surface area (Å²) in [7, 11) is 0. The van der Waals surface area contributed by atoms with E-state index >= 15 is 0 Å². The fraction of sp³-hybridized carbons (Fsp3) is 0.176. The smallest absolute Gasteiger partial charge is 0.340 e. The van der Waals surface area contributed by atoms with Crippen molar-refractivity contribution in [1.82, 2.24) is 10.1 Å². The van der Waals surface area contributed by atoms with Crippen molar-refractivity contribution in [3.05, 3.63) is 53.1 Å². The van der Waals surface area contributed by atoms with Crippen LogP contribution >= 0.6 is 0 Å². The van der Waals surface area contributed by atoms with Gasteiger partial charge in [-0.05, 0) is 32.0 Å². The maximum atomic E-state index is 13.2. The van der Waals surface area contributed by atoms with Gasteiger partial charge in [-0.1, -0.05) is 5.16 Å². The van der Waals surface area contributed by atoms with Crippen LogP contribution in [0.2, 0.25) is 0 Å². The molecule has 0 radical (unpaired) electrons. The number of fused-ring (bicyclic) bond motifs is 1. The van der Waals surface area contributed by atoms with Crippen LogP contribution in [0.5, 0.6) is 0 Å². The van der Waals surface area contributed by atoms with Gasteiger partial charge in [-0.2, -0.15) is 0 Å². The van der Waals surface area contributed by atoms with Crippen LogP contribution in [0.15, 0.2) is 34.9 Å². The van der Waals surface area contributed by atoms with Gasteiger partial charge in [-0.3, -0.25) is 15.1 Å². The highest BCUT2D eigenvalue weighted by Crippen LogP contribution is 2.18. The number of carbonyl (C=O) groups excluding carboxylic acids is 2. The van der Waals surface area contributed by atoms with E-state index in [1.54, 1.807) is 19.9 Å². The summed E-state index contributed by atoms with van der Waals surface area (Å²) in [4.78, 5) is 28.1. The average molecular weight is 343 g/mol. The summed E-state index contributed by atoms with van der Waals surface area (Å²) in [5.41, 5.74) is 1.64. The minimum atomic E-state index is -0.694. The van der Waals surface area contributed by atoms with Gasteiger partial charge in [-0.15, -0.1) is 0 Å². The Morgan fingerprint density at radius 3 is 2.76 bits per heavy atom. The molecule has 1 amide bonds. The van der Waals surface area contributed by atoms with Gasteiger partial charge in [0.25, 0.3) is 5.91 Å². The van der Waals surface area contributed by atoms with Crippen molar-refractivity contribution < 1.29 is 23.2 Å². The number of aromatic nitrogens is 2. The number of hydrogen-bond donors (Lipinski definition) is 1. The molecule has 0 fully saturated rings. The first-order chi connectivity index (χ1) is 11.9. The number of anilines is 1. The number of ether oxygens (including phenoxy) is 1. The van der Waals surface area contributed by atoms with Crippen LogP contribution in [-0.4, -0.2) is 28.6 Å². The van der Waals surface area contributed by atoms with Gasteiger partial charge in [0.05, 0.1) is 22.5 Å². The number of pyridine rings is 1. The first-order valence-electron chi connectivity index (χ1n) is 7.39. The third kappa shape index (κ3) is 3.79. The molecular formula is C17H14FN3O4. The first-order valence-corrected chi connectivity index (χ1v) is 7.39. The highest BCUT2D eigenvalue weighted by molar-refractivity contribution is 5.97. The third-order valence-electron chi connectivity index (χ3n) is 3.42. The van der Waals surface area contributed by atoms with E-state index in [1.807, 2.05) is 0 Å². The fourth-order valence-electron chi connectivity index (χ4n) is 2.25. The van der Waals surface area contributed by atoms with Crippen molar-refractivity contribution in [2.24, 2.45) is 0 Å². The molecule has 0 aliphatic rings. The zero-order chi connectivity index (χ0) is 18.0. The number of hydrogen-bond acceptors (Lipinski definition) is 6. The number of carbonyl (C=O) groups is 2. The quantitative estimate of drug-likeness (QED) is 0.732. The van der Waals surface area contributed by atoms with E-state index in [-0.39, 0.29) is 11.4 Å². The highest BCUT2D eigenvalue weighted by Gasteiger charge is 2.16. The van der Waals surface area contributed by atoms with Crippen molar-refractivity contribution in [3.8, 4) is 0 Å². The molecule has 7 nitrogen and oxygen atoms in total. The van der Waals surface area contributed by atoms with E-state index in [1.165, 1.54) is 24.3 Å². The number of esters is 1. The van der Waals surface area contributed by atoms with E-state index in [0.29, 0.717) is 22.3 Å². The lowest BCUT2D eigenvalue weighted by atomic mass is 10.1. The van der Waals surface area contributed by atoms with Crippen molar-refractivity contribution in [2.45, 2.75) is 13.8 Å². The number of nitrogens with zero attached hydrogens (tertiary/aromatic N) is 2. The molecule has 1 N–H and O–H groups in total. The van der Waals surface area contributed by atoms with Gasteiger partial charge in [0.2, 0.25) is 5.88 Å². The van der Waals surface area contributed by atoms with Crippen molar-refractivity contribution >= 4 is 28.7 Å². The Kier molecular flexibility index (Phi) is 4.42. The molecule has 25 heavy (non-hydrogen) atoms. The predicted octanol–water partition coefficient (Wildman–Crippen LogP) is 2.77. The molecule has 0 spiro atoms. The molecule has 0 aliphatic carbocycles. The average Bonchev–Trinajstić information content (AvgIpc) is 2.96. The lowest BCUT2D eigenvalue weighted by Crippen LogP contribution is -2.21. The summed E-state index contributed by atoms with van der Waals surface area (Å²) >= 11 is 0. The Hall–Kier alpha value is -3.29. The largest absolute Gasteiger partial charge is 0.452 e. The second kappa shape index (κ2) is 6.68. The zero-order valence-electron chi connectivity index (χ0n) is 13.5.